The first-order valence-corrected chi connectivity index (χ1v) is 12.4. The van der Waals surface area contributed by atoms with Gasteiger partial charge in [0, 0.05) is 23.9 Å². The van der Waals surface area contributed by atoms with Crippen molar-refractivity contribution in [2.24, 2.45) is 0 Å². The van der Waals surface area contributed by atoms with Gasteiger partial charge in [0.2, 0.25) is 11.8 Å². The molecule has 0 N–H and O–H groups in total. The van der Waals surface area contributed by atoms with Crippen molar-refractivity contribution in [3.63, 3.8) is 0 Å². The molecule has 0 aliphatic carbocycles. The molecule has 2 aliphatic rings. The fourth-order valence-corrected chi connectivity index (χ4v) is 4.86. The van der Waals surface area contributed by atoms with E-state index in [9.17, 15) is 4.79 Å². The van der Waals surface area contributed by atoms with Gasteiger partial charge in [0.25, 0.3) is 0 Å². The van der Waals surface area contributed by atoms with Crippen molar-refractivity contribution >= 4 is 23.2 Å². The van der Waals surface area contributed by atoms with Gasteiger partial charge in [-0.25, -0.2) is 4.98 Å². The average molecular weight is 497 g/mol. The van der Waals surface area contributed by atoms with Gasteiger partial charge in [0.15, 0.2) is 0 Å². The summed E-state index contributed by atoms with van der Waals surface area (Å²) in [4.78, 5) is 19.9. The maximum absolute atomic E-state index is 13.7. The lowest BCUT2D eigenvalue weighted by Crippen LogP contribution is -2.30. The van der Waals surface area contributed by atoms with E-state index in [1.807, 2.05) is 53.0 Å². The zero-order valence-electron chi connectivity index (χ0n) is 20.9. The topological polar surface area (TPSA) is 82.6 Å². The third kappa shape index (κ3) is 4.68. The molecule has 0 bridgehead atoms. The van der Waals surface area contributed by atoms with Crippen LogP contribution in [-0.2, 0) is 16.1 Å². The minimum atomic E-state index is -0.0207. The Bertz CT molecular complexity index is 1460. The Morgan fingerprint density at radius 3 is 2.70 bits per heavy atom. The van der Waals surface area contributed by atoms with Crippen molar-refractivity contribution in [3.05, 3.63) is 83.8 Å². The first-order valence-electron chi connectivity index (χ1n) is 12.4. The molecular formula is C29H28N4O4. The molecule has 4 heterocycles. The SMILES string of the molecule is COc1ccc(CN2C(=O)CC(c3ncc(C)o3)=Cc3ccc(-c4cnn(C5CCOC5)c4)cc32)cc1. The quantitative estimate of drug-likeness (QED) is 0.361. The van der Waals surface area contributed by atoms with Gasteiger partial charge in [0.1, 0.15) is 11.5 Å². The Hall–Kier alpha value is -4.17. The van der Waals surface area contributed by atoms with Crippen molar-refractivity contribution in [1.82, 2.24) is 14.8 Å². The summed E-state index contributed by atoms with van der Waals surface area (Å²) in [6, 6.07) is 14.3. The second-order valence-corrected chi connectivity index (χ2v) is 9.45. The van der Waals surface area contributed by atoms with E-state index < -0.39 is 0 Å². The summed E-state index contributed by atoms with van der Waals surface area (Å²) in [5.41, 5.74) is 5.55. The van der Waals surface area contributed by atoms with Crippen LogP contribution in [0, 0.1) is 6.92 Å². The van der Waals surface area contributed by atoms with E-state index in [1.165, 1.54) is 0 Å². The van der Waals surface area contributed by atoms with E-state index in [0.717, 1.165) is 52.3 Å². The minimum absolute atomic E-state index is 0.0207. The number of benzene rings is 2. The van der Waals surface area contributed by atoms with E-state index in [2.05, 4.69) is 34.5 Å². The second-order valence-electron chi connectivity index (χ2n) is 9.45. The highest BCUT2D eigenvalue weighted by atomic mass is 16.5. The highest BCUT2D eigenvalue weighted by Gasteiger charge is 2.27. The number of aryl methyl sites for hydroxylation is 1. The van der Waals surface area contributed by atoms with Crippen molar-refractivity contribution in [1.29, 1.82) is 0 Å². The predicted octanol–water partition coefficient (Wildman–Crippen LogP) is 5.29. The number of carbonyl (C=O) groups excluding carboxylic acids is 1. The fourth-order valence-electron chi connectivity index (χ4n) is 4.86. The Balaban J connectivity index is 1.40. The first kappa shape index (κ1) is 23.2. The highest BCUT2D eigenvalue weighted by Crippen LogP contribution is 2.37. The van der Waals surface area contributed by atoms with E-state index in [0.29, 0.717) is 24.8 Å². The standard InChI is InChI=1S/C29H28N4O4/c1-19-14-30-29(37-19)23-11-22-6-5-21(24-15-31-33(17-24)25-9-10-36-18-25)12-27(22)32(28(34)13-23)16-20-3-7-26(35-2)8-4-20/h3-8,11-12,14-15,17,25H,9-10,13,16,18H2,1-2H3. The largest absolute Gasteiger partial charge is 0.497 e. The number of hydrogen-bond donors (Lipinski definition) is 0. The third-order valence-corrected chi connectivity index (χ3v) is 6.90. The van der Waals surface area contributed by atoms with Crippen LogP contribution in [0.5, 0.6) is 5.75 Å². The molecule has 6 rings (SSSR count). The maximum Gasteiger partial charge on any atom is 0.231 e. The van der Waals surface area contributed by atoms with Crippen molar-refractivity contribution < 1.29 is 18.7 Å². The highest BCUT2D eigenvalue weighted by molar-refractivity contribution is 6.06. The molecule has 1 amide bonds. The van der Waals surface area contributed by atoms with Gasteiger partial charge >= 0.3 is 0 Å². The molecule has 1 saturated heterocycles. The van der Waals surface area contributed by atoms with Gasteiger partial charge in [-0.1, -0.05) is 24.3 Å². The molecular weight excluding hydrogens is 468 g/mol. The Labute approximate surface area is 215 Å². The molecule has 0 spiro atoms. The summed E-state index contributed by atoms with van der Waals surface area (Å²) in [6.07, 6.45) is 8.78. The molecule has 1 atom stereocenters. The monoisotopic (exact) mass is 496 g/mol. The Kier molecular flexibility index (Phi) is 6.10. The zero-order valence-corrected chi connectivity index (χ0v) is 20.9. The summed E-state index contributed by atoms with van der Waals surface area (Å²) in [5.74, 6) is 1.95. The number of fused-ring (bicyclic) bond motifs is 1. The molecule has 0 radical (unpaired) electrons. The molecule has 1 fully saturated rings. The van der Waals surface area contributed by atoms with Crippen LogP contribution in [0.15, 0.2) is 65.5 Å². The summed E-state index contributed by atoms with van der Waals surface area (Å²) < 4.78 is 18.6. The number of oxazole rings is 1. The van der Waals surface area contributed by atoms with Gasteiger partial charge < -0.3 is 18.8 Å². The smallest absolute Gasteiger partial charge is 0.231 e. The molecule has 8 nitrogen and oxygen atoms in total. The zero-order chi connectivity index (χ0) is 25.4. The Morgan fingerprint density at radius 1 is 1.11 bits per heavy atom. The van der Waals surface area contributed by atoms with Crippen molar-refractivity contribution in [2.45, 2.75) is 32.4 Å². The molecule has 4 aromatic rings. The summed E-state index contributed by atoms with van der Waals surface area (Å²) in [5, 5.41) is 4.59. The number of methoxy groups -OCH3 is 1. The maximum atomic E-state index is 13.7. The van der Waals surface area contributed by atoms with Crippen molar-refractivity contribution in [2.75, 3.05) is 25.2 Å². The second kappa shape index (κ2) is 9.71. The number of nitrogens with zero attached hydrogens (tertiary/aromatic N) is 4. The normalized spacial score (nSPS) is 17.5. The van der Waals surface area contributed by atoms with Crippen LogP contribution in [0.2, 0.25) is 0 Å². The van der Waals surface area contributed by atoms with Gasteiger partial charge in [-0.15, -0.1) is 0 Å². The van der Waals surface area contributed by atoms with Crippen molar-refractivity contribution in [3.8, 4) is 16.9 Å². The first-order chi connectivity index (χ1) is 18.1. The number of carbonyl (C=O) groups is 1. The van der Waals surface area contributed by atoms with Gasteiger partial charge in [-0.2, -0.15) is 5.10 Å². The van der Waals surface area contributed by atoms with E-state index in [4.69, 9.17) is 13.9 Å². The lowest BCUT2D eigenvalue weighted by Gasteiger charge is -2.24. The van der Waals surface area contributed by atoms with Gasteiger partial charge in [-0.05, 0) is 54.3 Å². The van der Waals surface area contributed by atoms with E-state index in [1.54, 1.807) is 13.3 Å². The average Bonchev–Trinajstić information content (AvgIpc) is 3.68. The van der Waals surface area contributed by atoms with Gasteiger partial charge in [0.05, 0.1) is 50.8 Å². The molecule has 1 unspecified atom stereocenters. The number of aromatic nitrogens is 3. The van der Waals surface area contributed by atoms with Crippen LogP contribution in [0.3, 0.4) is 0 Å². The number of amides is 1. The van der Waals surface area contributed by atoms with Crippen LogP contribution in [0.1, 0.15) is 41.7 Å². The van der Waals surface area contributed by atoms with Crippen LogP contribution in [0.4, 0.5) is 5.69 Å². The fraction of sp³-hybridized carbons (Fsp3) is 0.276. The van der Waals surface area contributed by atoms with E-state index in [-0.39, 0.29) is 18.4 Å². The lowest BCUT2D eigenvalue weighted by molar-refractivity contribution is -0.117. The van der Waals surface area contributed by atoms with Gasteiger partial charge in [-0.3, -0.25) is 9.48 Å². The predicted molar refractivity (Wildman–Crippen MR) is 140 cm³/mol. The van der Waals surface area contributed by atoms with Crippen LogP contribution in [-0.4, -0.2) is 41.0 Å². The number of ether oxygens (including phenoxy) is 2. The molecule has 2 aliphatic heterocycles. The molecule has 2 aromatic heterocycles. The van der Waals surface area contributed by atoms with Crippen LogP contribution in [0.25, 0.3) is 22.8 Å². The molecule has 188 valence electrons. The number of anilines is 1. The molecule has 8 heteroatoms. The summed E-state index contributed by atoms with van der Waals surface area (Å²) >= 11 is 0. The lowest BCUT2D eigenvalue weighted by atomic mass is 10.0. The number of rotatable bonds is 6. The Morgan fingerprint density at radius 2 is 1.97 bits per heavy atom. The molecule has 37 heavy (non-hydrogen) atoms. The number of hydrogen-bond acceptors (Lipinski definition) is 6. The van der Waals surface area contributed by atoms with Crippen LogP contribution < -0.4 is 9.64 Å². The van der Waals surface area contributed by atoms with E-state index >= 15 is 0 Å². The third-order valence-electron chi connectivity index (χ3n) is 6.90. The minimum Gasteiger partial charge on any atom is -0.497 e. The molecule has 0 saturated carbocycles. The summed E-state index contributed by atoms with van der Waals surface area (Å²) in [7, 11) is 1.64. The van der Waals surface area contributed by atoms with Crippen LogP contribution >= 0.6 is 0 Å². The molecule has 2 aromatic carbocycles. The summed E-state index contributed by atoms with van der Waals surface area (Å²) in [6.45, 7) is 3.73.